The minimum absolute atomic E-state index is 0.0520. The lowest BCUT2D eigenvalue weighted by atomic mass is 10.1. The van der Waals surface area contributed by atoms with Crippen LogP contribution in [0.5, 0.6) is 0 Å². The van der Waals surface area contributed by atoms with Crippen molar-refractivity contribution in [1.29, 1.82) is 0 Å². The molecule has 0 unspecified atom stereocenters. The number of aromatic nitrogens is 1. The van der Waals surface area contributed by atoms with Gasteiger partial charge in [0.05, 0.1) is 6.61 Å². The van der Waals surface area contributed by atoms with Gasteiger partial charge in [-0.2, -0.15) is 0 Å². The van der Waals surface area contributed by atoms with Crippen molar-refractivity contribution < 1.29 is 22.7 Å². The molecule has 0 fully saturated rings. The van der Waals surface area contributed by atoms with Crippen LogP contribution >= 0.6 is 11.6 Å². The van der Waals surface area contributed by atoms with E-state index in [2.05, 4.69) is 9.72 Å². The third kappa shape index (κ3) is 3.00. The van der Waals surface area contributed by atoms with Crippen LogP contribution < -0.4 is 0 Å². The van der Waals surface area contributed by atoms with Gasteiger partial charge in [0.25, 0.3) is 0 Å². The van der Waals surface area contributed by atoms with Gasteiger partial charge in [0.15, 0.2) is 16.8 Å². The number of halogens is 4. The van der Waals surface area contributed by atoms with Gasteiger partial charge < -0.3 is 4.74 Å². The summed E-state index contributed by atoms with van der Waals surface area (Å²) in [6.07, 6.45) is 0. The van der Waals surface area contributed by atoms with Crippen LogP contribution in [0.25, 0.3) is 11.3 Å². The van der Waals surface area contributed by atoms with E-state index in [9.17, 15) is 18.0 Å². The Morgan fingerprint density at radius 2 is 1.81 bits per heavy atom. The summed E-state index contributed by atoms with van der Waals surface area (Å²) in [4.78, 5) is 15.2. The summed E-state index contributed by atoms with van der Waals surface area (Å²) in [6.45, 7) is 1.45. The molecule has 0 aliphatic rings. The van der Waals surface area contributed by atoms with Crippen molar-refractivity contribution >= 4 is 17.6 Å². The van der Waals surface area contributed by atoms with E-state index in [0.717, 1.165) is 12.1 Å². The molecule has 0 aliphatic carbocycles. The molecule has 0 aliphatic heterocycles. The van der Waals surface area contributed by atoms with Crippen LogP contribution in [0.2, 0.25) is 5.15 Å². The first-order valence-corrected chi connectivity index (χ1v) is 6.31. The van der Waals surface area contributed by atoms with E-state index in [1.807, 2.05) is 0 Å². The fourth-order valence-electron chi connectivity index (χ4n) is 1.70. The number of hydrogen-bond acceptors (Lipinski definition) is 3. The number of esters is 1. The summed E-state index contributed by atoms with van der Waals surface area (Å²) in [5.41, 5.74) is -1.12. The maximum atomic E-state index is 14.3. The third-order valence-corrected chi connectivity index (χ3v) is 2.89. The van der Waals surface area contributed by atoms with Crippen LogP contribution in [0, 0.1) is 17.5 Å². The monoisotopic (exact) mass is 315 g/mol. The van der Waals surface area contributed by atoms with E-state index < -0.39 is 34.1 Å². The van der Waals surface area contributed by atoms with Crippen molar-refractivity contribution in [3.63, 3.8) is 0 Å². The Labute approximate surface area is 123 Å². The van der Waals surface area contributed by atoms with Crippen molar-refractivity contribution in [2.75, 3.05) is 6.61 Å². The molecule has 0 amide bonds. The van der Waals surface area contributed by atoms with Gasteiger partial charge in [0, 0.05) is 5.56 Å². The molecule has 0 spiro atoms. The van der Waals surface area contributed by atoms with Gasteiger partial charge in [0.1, 0.15) is 17.1 Å². The Morgan fingerprint density at radius 3 is 2.38 bits per heavy atom. The SMILES string of the molecule is CCOC(=O)c1c(F)c(Cl)nc(-c2ccc(F)cc2)c1F. The number of carbonyl (C=O) groups excluding carboxylic acids is 1. The van der Waals surface area contributed by atoms with Crippen molar-refractivity contribution in [3.05, 3.63) is 52.4 Å². The van der Waals surface area contributed by atoms with E-state index in [-0.39, 0.29) is 17.9 Å². The number of pyridine rings is 1. The average molecular weight is 316 g/mol. The zero-order valence-corrected chi connectivity index (χ0v) is 11.5. The van der Waals surface area contributed by atoms with Gasteiger partial charge >= 0.3 is 5.97 Å². The number of carbonyl (C=O) groups is 1. The average Bonchev–Trinajstić information content (AvgIpc) is 2.44. The molecule has 1 aromatic carbocycles. The summed E-state index contributed by atoms with van der Waals surface area (Å²) in [6, 6.07) is 4.64. The minimum Gasteiger partial charge on any atom is -0.462 e. The molecule has 2 rings (SSSR count). The molecule has 0 saturated heterocycles. The van der Waals surface area contributed by atoms with E-state index in [0.29, 0.717) is 0 Å². The first-order valence-electron chi connectivity index (χ1n) is 5.93. The molecule has 0 atom stereocenters. The Bertz CT molecular complexity index is 690. The number of rotatable bonds is 3. The van der Waals surface area contributed by atoms with Crippen LogP contribution in [-0.4, -0.2) is 17.6 Å². The van der Waals surface area contributed by atoms with E-state index in [1.165, 1.54) is 19.1 Å². The van der Waals surface area contributed by atoms with Crippen LogP contribution in [0.4, 0.5) is 13.2 Å². The van der Waals surface area contributed by atoms with Gasteiger partial charge in [-0.25, -0.2) is 22.9 Å². The number of hydrogen-bond donors (Lipinski definition) is 0. The van der Waals surface area contributed by atoms with E-state index in [1.54, 1.807) is 0 Å². The van der Waals surface area contributed by atoms with Gasteiger partial charge in [-0.15, -0.1) is 0 Å². The fraction of sp³-hybridized carbons (Fsp3) is 0.143. The standard InChI is InChI=1S/C14H9ClF3NO2/c1-2-21-14(20)9-10(17)12(19-13(15)11(9)18)7-3-5-8(16)6-4-7/h3-6H,2H2,1H3. The Balaban J connectivity index is 2.63. The number of nitrogens with zero attached hydrogens (tertiary/aromatic N) is 1. The zero-order chi connectivity index (χ0) is 15.6. The van der Waals surface area contributed by atoms with Crippen LogP contribution in [0.15, 0.2) is 24.3 Å². The van der Waals surface area contributed by atoms with Crippen molar-refractivity contribution in [3.8, 4) is 11.3 Å². The lowest BCUT2D eigenvalue weighted by molar-refractivity contribution is 0.0515. The largest absolute Gasteiger partial charge is 0.462 e. The molecule has 1 heterocycles. The lowest BCUT2D eigenvalue weighted by Crippen LogP contribution is -2.12. The molecule has 0 saturated carbocycles. The van der Waals surface area contributed by atoms with Gasteiger partial charge in [-0.3, -0.25) is 0 Å². The van der Waals surface area contributed by atoms with Gasteiger partial charge in [-0.1, -0.05) is 11.6 Å². The smallest absolute Gasteiger partial charge is 0.344 e. The minimum atomic E-state index is -1.29. The van der Waals surface area contributed by atoms with E-state index >= 15 is 0 Å². The Kier molecular flexibility index (Phi) is 4.47. The number of ether oxygens (including phenoxy) is 1. The molecule has 0 bridgehead atoms. The highest BCUT2D eigenvalue weighted by Crippen LogP contribution is 2.29. The van der Waals surface area contributed by atoms with E-state index in [4.69, 9.17) is 11.6 Å². The molecule has 0 radical (unpaired) electrons. The third-order valence-electron chi connectivity index (χ3n) is 2.64. The predicted octanol–water partition coefficient (Wildman–Crippen LogP) is 4.00. The molecule has 3 nitrogen and oxygen atoms in total. The van der Waals surface area contributed by atoms with Crippen molar-refractivity contribution in [2.45, 2.75) is 6.92 Å². The highest BCUT2D eigenvalue weighted by molar-refractivity contribution is 6.30. The fourth-order valence-corrected chi connectivity index (χ4v) is 1.87. The summed E-state index contributed by atoms with van der Waals surface area (Å²) >= 11 is 5.58. The van der Waals surface area contributed by atoms with Crippen LogP contribution in [0.3, 0.4) is 0 Å². The maximum absolute atomic E-state index is 14.3. The summed E-state index contributed by atoms with van der Waals surface area (Å²) in [7, 11) is 0. The summed E-state index contributed by atoms with van der Waals surface area (Å²) < 4.78 is 45.6. The molecule has 2 aromatic rings. The molecule has 21 heavy (non-hydrogen) atoms. The lowest BCUT2D eigenvalue weighted by Gasteiger charge is -2.10. The van der Waals surface area contributed by atoms with Crippen molar-refractivity contribution in [1.82, 2.24) is 4.98 Å². The second kappa shape index (κ2) is 6.13. The highest BCUT2D eigenvalue weighted by atomic mass is 35.5. The Hall–Kier alpha value is -2.08. The molecule has 110 valence electrons. The summed E-state index contributed by atoms with van der Waals surface area (Å²) in [5, 5.41) is -0.668. The quantitative estimate of drug-likeness (QED) is 0.635. The highest BCUT2D eigenvalue weighted by Gasteiger charge is 2.26. The summed E-state index contributed by atoms with van der Waals surface area (Å²) in [5.74, 6) is -4.21. The molecule has 1 aromatic heterocycles. The van der Waals surface area contributed by atoms with Crippen LogP contribution in [0.1, 0.15) is 17.3 Å². The normalized spacial score (nSPS) is 10.5. The Morgan fingerprint density at radius 1 is 1.19 bits per heavy atom. The van der Waals surface area contributed by atoms with Crippen LogP contribution in [-0.2, 0) is 4.74 Å². The maximum Gasteiger partial charge on any atom is 0.344 e. The van der Waals surface area contributed by atoms with Crippen molar-refractivity contribution in [2.24, 2.45) is 0 Å². The topological polar surface area (TPSA) is 39.2 Å². The second-order valence-corrected chi connectivity index (χ2v) is 4.34. The molecule has 7 heteroatoms. The zero-order valence-electron chi connectivity index (χ0n) is 10.8. The van der Waals surface area contributed by atoms with Gasteiger partial charge in [-0.05, 0) is 31.2 Å². The first-order chi connectivity index (χ1) is 9.95. The predicted molar refractivity (Wildman–Crippen MR) is 70.5 cm³/mol. The number of benzene rings is 1. The molecular weight excluding hydrogens is 307 g/mol. The van der Waals surface area contributed by atoms with Gasteiger partial charge in [0.2, 0.25) is 0 Å². The second-order valence-electron chi connectivity index (χ2n) is 3.98. The molecule has 0 N–H and O–H groups in total. The molecular formula is C14H9ClF3NO2. The first kappa shape index (κ1) is 15.3.